The molecule has 1 aromatic carbocycles. The fourth-order valence-electron chi connectivity index (χ4n) is 1.02. The van der Waals surface area contributed by atoms with Crippen LogP contribution in [0.4, 0.5) is 0 Å². The van der Waals surface area contributed by atoms with Crippen molar-refractivity contribution < 1.29 is 4.74 Å². The first kappa shape index (κ1) is 9.92. The number of hydrogen-bond acceptors (Lipinski definition) is 3. The topological polar surface area (TPSA) is 22.1 Å². The fourth-order valence-corrected chi connectivity index (χ4v) is 2.07. The van der Waals surface area contributed by atoms with Gasteiger partial charge in [0.2, 0.25) is 0 Å². The van der Waals surface area contributed by atoms with E-state index in [9.17, 15) is 0 Å². The Kier molecular flexibility index (Phi) is 3.36. The molecular formula is C10H8INOS. The van der Waals surface area contributed by atoms with Gasteiger partial charge in [-0.05, 0) is 34.7 Å². The number of aromatic nitrogens is 1. The smallest absolute Gasteiger partial charge is 0.133 e. The Morgan fingerprint density at radius 1 is 1.36 bits per heavy atom. The van der Waals surface area contributed by atoms with E-state index in [1.54, 1.807) is 11.3 Å². The van der Waals surface area contributed by atoms with Gasteiger partial charge in [-0.25, -0.2) is 0 Å². The molecule has 0 aliphatic heterocycles. The maximum atomic E-state index is 5.64. The molecule has 0 aliphatic carbocycles. The minimum absolute atomic E-state index is 0.602. The van der Waals surface area contributed by atoms with Crippen molar-refractivity contribution in [2.45, 2.75) is 6.61 Å². The zero-order chi connectivity index (χ0) is 9.80. The lowest BCUT2D eigenvalue weighted by molar-refractivity contribution is 0.307. The first-order valence-electron chi connectivity index (χ1n) is 4.11. The summed E-state index contributed by atoms with van der Waals surface area (Å²) in [6.45, 7) is 0.602. The summed E-state index contributed by atoms with van der Waals surface area (Å²) in [5.41, 5.74) is 1.81. The molecule has 2 aromatic rings. The second-order valence-corrected chi connectivity index (χ2v) is 4.82. The summed E-state index contributed by atoms with van der Waals surface area (Å²) >= 11 is 3.87. The van der Waals surface area contributed by atoms with Crippen LogP contribution in [0.1, 0.15) is 4.88 Å². The monoisotopic (exact) mass is 317 g/mol. The van der Waals surface area contributed by atoms with Crippen LogP contribution in [0.5, 0.6) is 5.75 Å². The predicted octanol–water partition coefficient (Wildman–Crippen LogP) is 3.33. The third-order valence-electron chi connectivity index (χ3n) is 1.69. The van der Waals surface area contributed by atoms with Crippen LogP contribution < -0.4 is 4.74 Å². The summed E-state index contributed by atoms with van der Waals surface area (Å²) < 4.78 is 6.78. The van der Waals surface area contributed by atoms with Crippen molar-refractivity contribution in [2.24, 2.45) is 0 Å². The number of rotatable bonds is 3. The van der Waals surface area contributed by atoms with Gasteiger partial charge >= 0.3 is 0 Å². The Morgan fingerprint density at radius 2 is 2.21 bits per heavy atom. The minimum atomic E-state index is 0.602. The van der Waals surface area contributed by atoms with Gasteiger partial charge in [0, 0.05) is 6.20 Å². The Morgan fingerprint density at radius 3 is 2.93 bits per heavy atom. The van der Waals surface area contributed by atoms with E-state index in [1.807, 2.05) is 36.0 Å². The lowest BCUT2D eigenvalue weighted by Crippen LogP contribution is -1.94. The van der Waals surface area contributed by atoms with Crippen molar-refractivity contribution in [2.75, 3.05) is 0 Å². The predicted molar refractivity (Wildman–Crippen MR) is 65.6 cm³/mol. The van der Waals surface area contributed by atoms with Crippen LogP contribution >= 0.6 is 33.9 Å². The Bertz CT molecular complexity index is 402. The highest BCUT2D eigenvalue weighted by molar-refractivity contribution is 14.1. The number of ether oxygens (including phenoxy) is 1. The van der Waals surface area contributed by atoms with Crippen molar-refractivity contribution in [1.29, 1.82) is 0 Å². The van der Waals surface area contributed by atoms with Crippen LogP contribution in [0.3, 0.4) is 0 Å². The van der Waals surface area contributed by atoms with Gasteiger partial charge < -0.3 is 4.74 Å². The molecule has 0 bridgehead atoms. The SMILES string of the molecule is Ic1ccccc1OCc1cncs1. The molecule has 0 unspecified atom stereocenters. The largest absolute Gasteiger partial charge is 0.487 e. The maximum Gasteiger partial charge on any atom is 0.133 e. The van der Waals surface area contributed by atoms with Crippen LogP contribution in [0.15, 0.2) is 36.0 Å². The summed E-state index contributed by atoms with van der Waals surface area (Å²) in [6.07, 6.45) is 1.83. The molecule has 0 N–H and O–H groups in total. The summed E-state index contributed by atoms with van der Waals surface area (Å²) in [5, 5.41) is 0. The molecule has 14 heavy (non-hydrogen) atoms. The van der Waals surface area contributed by atoms with Gasteiger partial charge in [0.1, 0.15) is 12.4 Å². The highest BCUT2D eigenvalue weighted by atomic mass is 127. The molecule has 4 heteroatoms. The van der Waals surface area contributed by atoms with Gasteiger partial charge in [-0.3, -0.25) is 4.98 Å². The van der Waals surface area contributed by atoms with E-state index in [2.05, 4.69) is 27.6 Å². The van der Waals surface area contributed by atoms with E-state index in [0.717, 1.165) is 14.2 Å². The molecule has 0 atom stereocenters. The number of benzene rings is 1. The zero-order valence-corrected chi connectivity index (χ0v) is 10.3. The first-order valence-corrected chi connectivity index (χ1v) is 6.07. The summed E-state index contributed by atoms with van der Waals surface area (Å²) in [4.78, 5) is 5.14. The third-order valence-corrected chi connectivity index (χ3v) is 3.33. The quantitative estimate of drug-likeness (QED) is 0.810. The molecule has 0 saturated heterocycles. The summed E-state index contributed by atoms with van der Waals surface area (Å²) in [6, 6.07) is 7.98. The van der Waals surface area contributed by atoms with Crippen LogP contribution in [-0.4, -0.2) is 4.98 Å². The second-order valence-electron chi connectivity index (χ2n) is 2.69. The van der Waals surface area contributed by atoms with E-state index in [1.165, 1.54) is 0 Å². The molecule has 1 heterocycles. The lowest BCUT2D eigenvalue weighted by atomic mass is 10.3. The number of nitrogens with zero attached hydrogens (tertiary/aromatic N) is 1. The number of thiazole rings is 1. The molecule has 72 valence electrons. The summed E-state index contributed by atoms with van der Waals surface area (Å²) in [7, 11) is 0. The normalized spacial score (nSPS) is 10.1. The van der Waals surface area contributed by atoms with E-state index in [-0.39, 0.29) is 0 Å². The number of hydrogen-bond donors (Lipinski definition) is 0. The Hall–Kier alpha value is -0.620. The summed E-state index contributed by atoms with van der Waals surface area (Å²) in [5.74, 6) is 0.932. The van der Waals surface area contributed by atoms with Crippen LogP contribution in [0.2, 0.25) is 0 Å². The molecule has 0 saturated carbocycles. The third kappa shape index (κ3) is 2.45. The van der Waals surface area contributed by atoms with Crippen LogP contribution in [-0.2, 0) is 6.61 Å². The molecule has 2 rings (SSSR count). The number of para-hydroxylation sites is 1. The van der Waals surface area contributed by atoms with Gasteiger partial charge in [-0.15, -0.1) is 11.3 Å². The molecule has 0 fully saturated rings. The second kappa shape index (κ2) is 4.75. The minimum Gasteiger partial charge on any atom is -0.487 e. The number of halogens is 1. The molecule has 0 amide bonds. The average Bonchev–Trinajstić information content (AvgIpc) is 2.69. The van der Waals surface area contributed by atoms with E-state index in [4.69, 9.17) is 4.74 Å². The molecule has 0 spiro atoms. The van der Waals surface area contributed by atoms with Gasteiger partial charge in [0.15, 0.2) is 0 Å². The molecule has 0 radical (unpaired) electrons. The lowest BCUT2D eigenvalue weighted by Gasteiger charge is -2.05. The maximum absolute atomic E-state index is 5.64. The van der Waals surface area contributed by atoms with Gasteiger partial charge in [-0.2, -0.15) is 0 Å². The average molecular weight is 317 g/mol. The van der Waals surface area contributed by atoms with Crippen molar-refractivity contribution in [1.82, 2.24) is 4.98 Å². The van der Waals surface area contributed by atoms with Crippen molar-refractivity contribution in [3.63, 3.8) is 0 Å². The molecule has 2 nitrogen and oxygen atoms in total. The molecule has 1 aromatic heterocycles. The highest BCUT2D eigenvalue weighted by Gasteiger charge is 2.00. The van der Waals surface area contributed by atoms with Gasteiger partial charge in [0.25, 0.3) is 0 Å². The fraction of sp³-hybridized carbons (Fsp3) is 0.100. The zero-order valence-electron chi connectivity index (χ0n) is 7.31. The highest BCUT2D eigenvalue weighted by Crippen LogP contribution is 2.21. The molecule has 0 aliphatic rings. The van der Waals surface area contributed by atoms with Gasteiger partial charge in [0.05, 0.1) is 14.0 Å². The van der Waals surface area contributed by atoms with E-state index >= 15 is 0 Å². The van der Waals surface area contributed by atoms with Crippen molar-refractivity contribution >= 4 is 33.9 Å². The van der Waals surface area contributed by atoms with E-state index in [0.29, 0.717) is 6.61 Å². The van der Waals surface area contributed by atoms with Crippen LogP contribution in [0.25, 0.3) is 0 Å². The molecular weight excluding hydrogens is 309 g/mol. The van der Waals surface area contributed by atoms with E-state index < -0.39 is 0 Å². The van der Waals surface area contributed by atoms with Gasteiger partial charge in [-0.1, -0.05) is 12.1 Å². The van der Waals surface area contributed by atoms with Crippen molar-refractivity contribution in [3.05, 3.63) is 44.4 Å². The Balaban J connectivity index is 2.02. The van der Waals surface area contributed by atoms with Crippen molar-refractivity contribution in [3.8, 4) is 5.75 Å². The first-order chi connectivity index (χ1) is 6.86. The van der Waals surface area contributed by atoms with Crippen LogP contribution in [0, 0.1) is 3.57 Å². The standard InChI is InChI=1S/C10H8INOS/c11-9-3-1-2-4-10(9)13-6-8-5-12-7-14-8/h1-5,7H,6H2. The Labute approximate surface area is 100 Å².